The smallest absolute Gasteiger partial charge is 0.0352 e. The summed E-state index contributed by atoms with van der Waals surface area (Å²) >= 11 is 2.28. The largest absolute Gasteiger partial charge is 0.322 e. The Bertz CT molecular complexity index is 238. The molecule has 0 atom stereocenters. The molecule has 0 radical (unpaired) electrons. The van der Waals surface area contributed by atoms with Crippen LogP contribution in [0.5, 0.6) is 0 Å². The van der Waals surface area contributed by atoms with Crippen molar-refractivity contribution in [3.63, 3.8) is 0 Å². The van der Waals surface area contributed by atoms with E-state index in [0.29, 0.717) is 0 Å². The second kappa shape index (κ2) is 4.44. The lowest BCUT2D eigenvalue weighted by molar-refractivity contribution is 0.554. The van der Waals surface area contributed by atoms with E-state index in [9.17, 15) is 0 Å². The van der Waals surface area contributed by atoms with Gasteiger partial charge in [0.15, 0.2) is 0 Å². The van der Waals surface area contributed by atoms with Gasteiger partial charge in [-0.2, -0.15) is 0 Å². The van der Waals surface area contributed by atoms with Crippen LogP contribution in [0, 0.1) is 3.57 Å². The summed E-state index contributed by atoms with van der Waals surface area (Å²) in [6, 6.07) is 8.29. The van der Waals surface area contributed by atoms with Crippen molar-refractivity contribution < 1.29 is 0 Å². The number of hydrogen-bond acceptors (Lipinski definition) is 1. The van der Waals surface area contributed by atoms with Gasteiger partial charge < -0.3 is 5.73 Å². The molecule has 1 rings (SSSR count). The third-order valence-corrected chi connectivity index (χ3v) is 2.31. The van der Waals surface area contributed by atoms with Crippen LogP contribution in [-0.2, 0) is 5.54 Å². The first-order chi connectivity index (χ1) is 5.00. The average molecular weight is 298 g/mol. The van der Waals surface area contributed by atoms with E-state index in [1.54, 1.807) is 0 Å². The minimum absolute atomic E-state index is 0. The maximum Gasteiger partial charge on any atom is 0.0352 e. The highest BCUT2D eigenvalue weighted by atomic mass is 127. The predicted octanol–water partition coefficient (Wildman–Crippen LogP) is 2.91. The van der Waals surface area contributed by atoms with Crippen molar-refractivity contribution >= 4 is 35.0 Å². The van der Waals surface area contributed by atoms with Gasteiger partial charge in [0, 0.05) is 9.11 Å². The minimum atomic E-state index is -0.218. The summed E-state index contributed by atoms with van der Waals surface area (Å²) < 4.78 is 1.25. The average Bonchev–Trinajstić information content (AvgIpc) is 1.86. The van der Waals surface area contributed by atoms with Gasteiger partial charge >= 0.3 is 0 Å². The molecular formula is C9H13ClIN. The van der Waals surface area contributed by atoms with Crippen molar-refractivity contribution in [3.05, 3.63) is 33.4 Å². The number of benzene rings is 1. The van der Waals surface area contributed by atoms with E-state index in [1.807, 2.05) is 13.8 Å². The third-order valence-electron chi connectivity index (χ3n) is 1.59. The molecule has 2 N–H and O–H groups in total. The SMILES string of the molecule is CC(C)(N)c1ccc(I)cc1.Cl. The molecule has 0 bridgehead atoms. The molecule has 0 aliphatic carbocycles. The molecule has 0 aromatic heterocycles. The van der Waals surface area contributed by atoms with Gasteiger partial charge in [0.2, 0.25) is 0 Å². The van der Waals surface area contributed by atoms with Crippen LogP contribution < -0.4 is 5.73 Å². The standard InChI is InChI=1S/C9H12IN.ClH/c1-9(2,11)7-3-5-8(10)6-4-7;/h3-6H,11H2,1-2H3;1H. The van der Waals surface area contributed by atoms with Crippen LogP contribution in [-0.4, -0.2) is 0 Å². The van der Waals surface area contributed by atoms with E-state index < -0.39 is 0 Å². The Morgan fingerprint density at radius 3 is 1.92 bits per heavy atom. The van der Waals surface area contributed by atoms with Crippen LogP contribution in [0.15, 0.2) is 24.3 Å². The summed E-state index contributed by atoms with van der Waals surface area (Å²) in [6.45, 7) is 4.02. The molecule has 0 amide bonds. The van der Waals surface area contributed by atoms with E-state index in [1.165, 1.54) is 9.13 Å². The van der Waals surface area contributed by atoms with Crippen LogP contribution in [0.2, 0.25) is 0 Å². The molecule has 1 aromatic carbocycles. The summed E-state index contributed by atoms with van der Waals surface area (Å²) in [4.78, 5) is 0. The number of halogens is 2. The summed E-state index contributed by atoms with van der Waals surface area (Å²) in [6.07, 6.45) is 0. The van der Waals surface area contributed by atoms with Gasteiger partial charge in [-0.05, 0) is 54.1 Å². The fraction of sp³-hybridized carbons (Fsp3) is 0.333. The van der Waals surface area contributed by atoms with Gasteiger partial charge in [-0.15, -0.1) is 12.4 Å². The van der Waals surface area contributed by atoms with Crippen LogP contribution in [0.1, 0.15) is 19.4 Å². The van der Waals surface area contributed by atoms with E-state index >= 15 is 0 Å². The number of rotatable bonds is 1. The third kappa shape index (κ3) is 3.29. The Balaban J connectivity index is 0.00000121. The molecule has 1 nitrogen and oxygen atoms in total. The zero-order valence-corrected chi connectivity index (χ0v) is 10.1. The minimum Gasteiger partial charge on any atom is -0.322 e. The van der Waals surface area contributed by atoms with Gasteiger partial charge in [0.1, 0.15) is 0 Å². The van der Waals surface area contributed by atoms with Gasteiger partial charge in [-0.25, -0.2) is 0 Å². The normalized spacial score (nSPS) is 10.7. The van der Waals surface area contributed by atoms with Gasteiger partial charge in [-0.1, -0.05) is 12.1 Å². The maximum atomic E-state index is 5.90. The van der Waals surface area contributed by atoms with E-state index in [4.69, 9.17) is 5.73 Å². The Kier molecular flexibility index (Phi) is 4.51. The maximum absolute atomic E-state index is 5.90. The van der Waals surface area contributed by atoms with Crippen LogP contribution in [0.25, 0.3) is 0 Å². The summed E-state index contributed by atoms with van der Waals surface area (Å²) in [5.74, 6) is 0. The van der Waals surface area contributed by atoms with Crippen molar-refractivity contribution in [2.24, 2.45) is 5.73 Å². The van der Waals surface area contributed by atoms with Gasteiger partial charge in [-0.3, -0.25) is 0 Å². The molecular weight excluding hydrogens is 284 g/mol. The molecule has 68 valence electrons. The Morgan fingerprint density at radius 2 is 1.58 bits per heavy atom. The van der Waals surface area contributed by atoms with Crippen molar-refractivity contribution in [2.45, 2.75) is 19.4 Å². The zero-order valence-electron chi connectivity index (χ0n) is 7.17. The summed E-state index contributed by atoms with van der Waals surface area (Å²) in [5, 5.41) is 0. The lowest BCUT2D eigenvalue weighted by atomic mass is 9.96. The van der Waals surface area contributed by atoms with Gasteiger partial charge in [0.25, 0.3) is 0 Å². The highest BCUT2D eigenvalue weighted by Crippen LogP contribution is 2.17. The molecule has 0 heterocycles. The lowest BCUT2D eigenvalue weighted by Crippen LogP contribution is -2.28. The molecule has 0 saturated heterocycles. The van der Waals surface area contributed by atoms with Crippen molar-refractivity contribution in [3.8, 4) is 0 Å². The molecule has 1 aromatic rings. The molecule has 12 heavy (non-hydrogen) atoms. The first-order valence-electron chi connectivity index (χ1n) is 3.55. The van der Waals surface area contributed by atoms with E-state index in [2.05, 4.69) is 46.9 Å². The monoisotopic (exact) mass is 297 g/mol. The molecule has 0 spiro atoms. The van der Waals surface area contributed by atoms with E-state index in [-0.39, 0.29) is 17.9 Å². The topological polar surface area (TPSA) is 26.0 Å². The van der Waals surface area contributed by atoms with Gasteiger partial charge in [0.05, 0.1) is 0 Å². The van der Waals surface area contributed by atoms with Crippen LogP contribution in [0.4, 0.5) is 0 Å². The lowest BCUT2D eigenvalue weighted by Gasteiger charge is -2.18. The molecule has 0 fully saturated rings. The van der Waals surface area contributed by atoms with Crippen LogP contribution >= 0.6 is 35.0 Å². The first-order valence-corrected chi connectivity index (χ1v) is 4.63. The summed E-state index contributed by atoms with van der Waals surface area (Å²) in [5.41, 5.74) is 6.87. The predicted molar refractivity (Wildman–Crippen MR) is 63.6 cm³/mol. The molecule has 0 unspecified atom stereocenters. The second-order valence-electron chi connectivity index (χ2n) is 3.23. The highest BCUT2D eigenvalue weighted by Gasteiger charge is 2.12. The fourth-order valence-corrected chi connectivity index (χ4v) is 1.24. The van der Waals surface area contributed by atoms with Crippen molar-refractivity contribution in [2.75, 3.05) is 0 Å². The number of nitrogens with two attached hydrogens (primary N) is 1. The fourth-order valence-electron chi connectivity index (χ4n) is 0.879. The second-order valence-corrected chi connectivity index (χ2v) is 4.47. The Hall–Kier alpha value is 0.200. The quantitative estimate of drug-likeness (QED) is 0.793. The molecule has 0 aliphatic heterocycles. The van der Waals surface area contributed by atoms with E-state index in [0.717, 1.165) is 0 Å². The first kappa shape index (κ1) is 12.2. The molecule has 0 aliphatic rings. The van der Waals surface area contributed by atoms with Crippen LogP contribution in [0.3, 0.4) is 0 Å². The van der Waals surface area contributed by atoms with Crippen molar-refractivity contribution in [1.29, 1.82) is 0 Å². The molecule has 3 heteroatoms. The number of hydrogen-bond donors (Lipinski definition) is 1. The summed E-state index contributed by atoms with van der Waals surface area (Å²) in [7, 11) is 0. The highest BCUT2D eigenvalue weighted by molar-refractivity contribution is 14.1. The van der Waals surface area contributed by atoms with Crippen molar-refractivity contribution in [1.82, 2.24) is 0 Å². The Labute approximate surface area is 93.3 Å². The molecule has 0 saturated carbocycles. The Morgan fingerprint density at radius 1 is 1.17 bits per heavy atom. The zero-order chi connectivity index (χ0) is 8.48.